The zero-order valence-electron chi connectivity index (χ0n) is 12.0. The van der Waals surface area contributed by atoms with E-state index in [9.17, 15) is 4.79 Å². The third kappa shape index (κ3) is 4.04. The van der Waals surface area contributed by atoms with E-state index in [1.54, 1.807) is 0 Å². The minimum absolute atomic E-state index is 0. The first-order valence-corrected chi connectivity index (χ1v) is 7.67. The molecule has 0 saturated carbocycles. The van der Waals surface area contributed by atoms with Gasteiger partial charge in [-0.2, -0.15) is 0 Å². The van der Waals surface area contributed by atoms with E-state index in [0.29, 0.717) is 17.5 Å². The first-order chi connectivity index (χ1) is 10.6. The van der Waals surface area contributed by atoms with Gasteiger partial charge in [0.15, 0.2) is 0 Å². The molecule has 9 heteroatoms. The minimum Gasteiger partial charge on any atom is -1.00 e. The average Bonchev–Trinajstić information content (AvgIpc) is 3.13. The van der Waals surface area contributed by atoms with Crippen LogP contribution in [-0.4, -0.2) is 26.8 Å². The van der Waals surface area contributed by atoms with E-state index in [0.717, 1.165) is 28.2 Å². The highest BCUT2D eigenvalue weighted by atomic mass is 35.5. The van der Waals surface area contributed by atoms with E-state index in [1.807, 2.05) is 30.5 Å². The van der Waals surface area contributed by atoms with Gasteiger partial charge in [-0.25, -0.2) is 0 Å². The van der Waals surface area contributed by atoms with Crippen molar-refractivity contribution in [3.05, 3.63) is 41.9 Å². The number of thioether (sulfide) groups is 1. The van der Waals surface area contributed by atoms with Gasteiger partial charge < -0.3 is 33.3 Å². The van der Waals surface area contributed by atoms with Gasteiger partial charge in [-0.15, -0.1) is 10.2 Å². The Morgan fingerprint density at radius 1 is 1.35 bits per heavy atom. The number of hydrogen-bond donors (Lipinski definition) is 3. The predicted molar refractivity (Wildman–Crippen MR) is 83.1 cm³/mol. The molecule has 0 unspecified atom stereocenters. The summed E-state index contributed by atoms with van der Waals surface area (Å²) in [5.41, 5.74) is 13.4. The van der Waals surface area contributed by atoms with Gasteiger partial charge in [-0.1, -0.05) is 30.0 Å². The van der Waals surface area contributed by atoms with Gasteiger partial charge in [0.1, 0.15) is 0 Å². The zero-order valence-corrected chi connectivity index (χ0v) is 13.6. The van der Waals surface area contributed by atoms with Crippen LogP contribution in [0.25, 0.3) is 10.9 Å². The maximum atomic E-state index is 10.7. The molecule has 0 radical (unpaired) electrons. The van der Waals surface area contributed by atoms with E-state index in [-0.39, 0.29) is 18.2 Å². The number of nitrogens with one attached hydrogen (secondary N) is 1. The Morgan fingerprint density at radius 2 is 2.13 bits per heavy atom. The third-order valence-electron chi connectivity index (χ3n) is 3.19. The number of hydrogen-bond acceptors (Lipinski definition) is 6. The van der Waals surface area contributed by atoms with Crippen LogP contribution in [0.15, 0.2) is 40.1 Å². The van der Waals surface area contributed by atoms with Crippen molar-refractivity contribution in [1.29, 1.82) is 0 Å². The highest BCUT2D eigenvalue weighted by Gasteiger charge is 2.17. The third-order valence-corrected chi connectivity index (χ3v) is 4.03. The van der Waals surface area contributed by atoms with Crippen LogP contribution < -0.4 is 23.9 Å². The summed E-state index contributed by atoms with van der Waals surface area (Å²) in [5.74, 6) is 0.00404. The van der Waals surface area contributed by atoms with Gasteiger partial charge in [0, 0.05) is 17.1 Å². The van der Waals surface area contributed by atoms with Gasteiger partial charge in [0.25, 0.3) is 5.22 Å². The van der Waals surface area contributed by atoms with E-state index in [4.69, 9.17) is 15.9 Å². The molecule has 1 aromatic carbocycles. The standard InChI is InChI=1S/C14H15N5O2S.ClH/c15-10(13-18-19-14(21-13)22-7-12(16)20)5-8-6-17-11-4-2-1-3-9(8)11;/h1-4,6,10,17H,5,7,15H2,(H2,16,20);1H/p-1/t10-;/m0./s1. The van der Waals surface area contributed by atoms with E-state index in [1.165, 1.54) is 0 Å². The summed E-state index contributed by atoms with van der Waals surface area (Å²) in [6.07, 6.45) is 2.51. The molecule has 3 aromatic rings. The van der Waals surface area contributed by atoms with Crippen LogP contribution in [0.1, 0.15) is 17.5 Å². The Labute approximate surface area is 142 Å². The number of benzene rings is 1. The minimum atomic E-state index is -0.437. The summed E-state index contributed by atoms with van der Waals surface area (Å²) in [5, 5.41) is 9.20. The maximum absolute atomic E-state index is 10.7. The number of halogens is 1. The number of carbonyl (C=O) groups is 1. The van der Waals surface area contributed by atoms with E-state index >= 15 is 0 Å². The first-order valence-electron chi connectivity index (χ1n) is 6.68. The van der Waals surface area contributed by atoms with E-state index < -0.39 is 11.9 Å². The number of nitrogens with zero attached hydrogens (tertiary/aromatic N) is 2. The van der Waals surface area contributed by atoms with Crippen molar-refractivity contribution in [2.24, 2.45) is 11.5 Å². The second-order valence-corrected chi connectivity index (χ2v) is 5.76. The molecule has 0 bridgehead atoms. The summed E-state index contributed by atoms with van der Waals surface area (Å²) in [6, 6.07) is 7.60. The summed E-state index contributed by atoms with van der Waals surface area (Å²) >= 11 is 1.10. The molecule has 5 N–H and O–H groups in total. The molecular formula is C14H15ClN5O2S-. The molecule has 0 fully saturated rings. The van der Waals surface area contributed by atoms with Gasteiger partial charge in [-0.05, 0) is 18.1 Å². The van der Waals surface area contributed by atoms with Gasteiger partial charge in [-0.3, -0.25) is 4.79 Å². The van der Waals surface area contributed by atoms with E-state index in [2.05, 4.69) is 15.2 Å². The summed E-state index contributed by atoms with van der Waals surface area (Å²) < 4.78 is 5.45. The van der Waals surface area contributed by atoms with Gasteiger partial charge in [0.05, 0.1) is 11.8 Å². The number of fused-ring (bicyclic) bond motifs is 1. The van der Waals surface area contributed by atoms with Gasteiger partial charge in [0.2, 0.25) is 11.8 Å². The first kappa shape index (κ1) is 17.3. The van der Waals surface area contributed by atoms with Crippen LogP contribution in [0.5, 0.6) is 0 Å². The van der Waals surface area contributed by atoms with Crippen molar-refractivity contribution < 1.29 is 21.6 Å². The lowest BCUT2D eigenvalue weighted by atomic mass is 10.1. The molecule has 0 aliphatic rings. The smallest absolute Gasteiger partial charge is 0.277 e. The van der Waals surface area contributed by atoms with Crippen molar-refractivity contribution in [3.8, 4) is 0 Å². The lowest BCUT2D eigenvalue weighted by Gasteiger charge is -2.05. The second-order valence-electron chi connectivity index (χ2n) is 4.83. The number of primary amides is 1. The number of nitrogens with two attached hydrogens (primary N) is 2. The molecule has 1 atom stereocenters. The summed E-state index contributed by atoms with van der Waals surface area (Å²) in [4.78, 5) is 13.9. The molecule has 7 nitrogen and oxygen atoms in total. The Kier molecular flexibility index (Phi) is 5.64. The number of aromatic amines is 1. The second kappa shape index (κ2) is 7.49. The number of rotatable bonds is 6. The fourth-order valence-electron chi connectivity index (χ4n) is 2.19. The van der Waals surface area contributed by atoms with Crippen molar-refractivity contribution in [1.82, 2.24) is 15.2 Å². The lowest BCUT2D eigenvalue weighted by molar-refractivity contribution is -0.115. The van der Waals surface area contributed by atoms with Crippen LogP contribution in [0.2, 0.25) is 0 Å². The van der Waals surface area contributed by atoms with Crippen molar-refractivity contribution in [2.75, 3.05) is 5.75 Å². The fourth-order valence-corrected chi connectivity index (χ4v) is 2.69. The van der Waals surface area contributed by atoms with Crippen molar-refractivity contribution in [2.45, 2.75) is 17.7 Å². The molecule has 2 aromatic heterocycles. The molecule has 0 aliphatic carbocycles. The largest absolute Gasteiger partial charge is 1.00 e. The predicted octanol–water partition coefficient (Wildman–Crippen LogP) is -1.63. The monoisotopic (exact) mass is 352 g/mol. The van der Waals surface area contributed by atoms with Crippen LogP contribution in [0.3, 0.4) is 0 Å². The number of H-pyrrole nitrogens is 1. The van der Waals surface area contributed by atoms with Crippen LogP contribution in [-0.2, 0) is 11.2 Å². The molecule has 0 aliphatic heterocycles. The van der Waals surface area contributed by atoms with Crippen molar-refractivity contribution >= 4 is 28.6 Å². The highest BCUT2D eigenvalue weighted by Crippen LogP contribution is 2.24. The Hall–Kier alpha value is -2.03. The Bertz CT molecular complexity index is 803. The molecule has 122 valence electrons. The number of aromatic nitrogens is 3. The van der Waals surface area contributed by atoms with Crippen LogP contribution in [0.4, 0.5) is 0 Å². The SMILES string of the molecule is NC(=O)CSc1nnc([C@@H](N)Cc2c[nH]c3ccccc23)o1.[Cl-]. The molecule has 0 spiro atoms. The normalized spacial score (nSPS) is 12.0. The fraction of sp³-hybridized carbons (Fsp3) is 0.214. The van der Waals surface area contributed by atoms with Crippen LogP contribution >= 0.6 is 11.8 Å². The summed E-state index contributed by atoms with van der Waals surface area (Å²) in [7, 11) is 0. The quantitative estimate of drug-likeness (QED) is 0.458. The van der Waals surface area contributed by atoms with Crippen LogP contribution in [0, 0.1) is 0 Å². The Balaban J connectivity index is 0.00000192. The lowest BCUT2D eigenvalue weighted by Crippen LogP contribution is -3.00. The molecule has 0 saturated heterocycles. The maximum Gasteiger partial charge on any atom is 0.277 e. The topological polar surface area (TPSA) is 124 Å². The Morgan fingerprint density at radius 3 is 2.91 bits per heavy atom. The van der Waals surface area contributed by atoms with Crippen molar-refractivity contribution in [3.63, 3.8) is 0 Å². The highest BCUT2D eigenvalue weighted by molar-refractivity contribution is 7.99. The molecule has 2 heterocycles. The molecule has 3 rings (SSSR count). The number of amides is 1. The molecule has 1 amide bonds. The van der Waals surface area contributed by atoms with Gasteiger partial charge >= 0.3 is 0 Å². The summed E-state index contributed by atoms with van der Waals surface area (Å²) in [6.45, 7) is 0. The molecule has 23 heavy (non-hydrogen) atoms. The molecular weight excluding hydrogens is 338 g/mol. The zero-order chi connectivity index (χ0) is 15.5. The number of para-hydroxylation sites is 1. The average molecular weight is 353 g/mol. The number of carbonyl (C=O) groups excluding carboxylic acids is 1.